The van der Waals surface area contributed by atoms with Crippen LogP contribution < -0.4 is 5.32 Å². The van der Waals surface area contributed by atoms with Crippen molar-refractivity contribution in [2.45, 2.75) is 20.3 Å². The molecule has 1 atom stereocenters. The smallest absolute Gasteiger partial charge is 0.310 e. The van der Waals surface area contributed by atoms with Crippen LogP contribution in [0, 0.1) is 12.3 Å². The number of carbonyl (C=O) groups excluding carboxylic acids is 1. The fourth-order valence-corrected chi connectivity index (χ4v) is 2.84. The number of aryl methyl sites for hydroxylation is 1. The fraction of sp³-hybridized carbons (Fsp3) is 0.583. The average molecular weight is 283 g/mol. The van der Waals surface area contributed by atoms with E-state index in [4.69, 9.17) is 5.11 Å². The van der Waals surface area contributed by atoms with Crippen molar-refractivity contribution in [3.63, 3.8) is 0 Å². The molecule has 1 aliphatic rings. The van der Waals surface area contributed by atoms with Gasteiger partial charge in [0, 0.05) is 11.9 Å². The number of amides is 1. The number of thiazole rings is 1. The van der Waals surface area contributed by atoms with Gasteiger partial charge in [-0.25, -0.2) is 4.98 Å². The number of carbonyl (C=O) groups is 2. The van der Waals surface area contributed by atoms with Crippen molar-refractivity contribution in [1.29, 1.82) is 0 Å². The van der Waals surface area contributed by atoms with Crippen molar-refractivity contribution in [3.8, 4) is 0 Å². The van der Waals surface area contributed by atoms with Gasteiger partial charge in [-0.2, -0.15) is 0 Å². The molecule has 2 N–H and O–H groups in total. The second-order valence-corrected chi connectivity index (χ2v) is 6.03. The first-order chi connectivity index (χ1) is 8.89. The largest absolute Gasteiger partial charge is 0.481 e. The molecule has 1 saturated heterocycles. The van der Waals surface area contributed by atoms with Gasteiger partial charge < -0.3 is 10.4 Å². The van der Waals surface area contributed by atoms with Gasteiger partial charge in [-0.05, 0) is 26.8 Å². The van der Waals surface area contributed by atoms with Crippen LogP contribution in [-0.2, 0) is 9.59 Å². The molecule has 0 spiro atoms. The Hall–Kier alpha value is -1.47. The lowest BCUT2D eigenvalue weighted by molar-refractivity contribution is -0.147. The van der Waals surface area contributed by atoms with Gasteiger partial charge in [-0.3, -0.25) is 14.5 Å². The lowest BCUT2D eigenvalue weighted by Crippen LogP contribution is -2.35. The van der Waals surface area contributed by atoms with Gasteiger partial charge in [0.25, 0.3) is 0 Å². The molecule has 7 heteroatoms. The lowest BCUT2D eigenvalue weighted by atomic mass is 9.90. The summed E-state index contributed by atoms with van der Waals surface area (Å²) in [4.78, 5) is 29.0. The van der Waals surface area contributed by atoms with E-state index >= 15 is 0 Å². The highest BCUT2D eigenvalue weighted by molar-refractivity contribution is 7.13. The van der Waals surface area contributed by atoms with Crippen LogP contribution in [0.5, 0.6) is 0 Å². The molecular formula is C12H17N3O3S. The van der Waals surface area contributed by atoms with E-state index in [0.717, 1.165) is 5.69 Å². The normalized spacial score (nSPS) is 23.5. The summed E-state index contributed by atoms with van der Waals surface area (Å²) < 4.78 is 0. The summed E-state index contributed by atoms with van der Waals surface area (Å²) in [5, 5.41) is 14.3. The van der Waals surface area contributed by atoms with E-state index < -0.39 is 11.4 Å². The van der Waals surface area contributed by atoms with Crippen LogP contribution in [-0.4, -0.2) is 46.5 Å². The van der Waals surface area contributed by atoms with E-state index in [1.54, 1.807) is 6.92 Å². The van der Waals surface area contributed by atoms with Crippen molar-refractivity contribution >= 4 is 28.3 Å². The zero-order valence-electron chi connectivity index (χ0n) is 11.0. The number of aromatic nitrogens is 1. The number of anilines is 1. The zero-order chi connectivity index (χ0) is 14.0. The number of aliphatic carboxylic acids is 1. The second kappa shape index (κ2) is 5.26. The molecule has 1 aromatic rings. The SMILES string of the molecule is Cc1csc(NC(=O)CN2CCC(C)(C(=O)O)C2)n1. The predicted molar refractivity (Wildman–Crippen MR) is 72.3 cm³/mol. The summed E-state index contributed by atoms with van der Waals surface area (Å²) in [6.07, 6.45) is 0.575. The third kappa shape index (κ3) is 3.30. The summed E-state index contributed by atoms with van der Waals surface area (Å²) in [5.74, 6) is -0.949. The van der Waals surface area contributed by atoms with Crippen molar-refractivity contribution in [1.82, 2.24) is 9.88 Å². The molecule has 1 amide bonds. The average Bonchev–Trinajstić information content (AvgIpc) is 2.87. The van der Waals surface area contributed by atoms with Gasteiger partial charge in [-0.15, -0.1) is 11.3 Å². The second-order valence-electron chi connectivity index (χ2n) is 5.17. The van der Waals surface area contributed by atoms with Crippen LogP contribution in [0.4, 0.5) is 5.13 Å². The third-order valence-electron chi connectivity index (χ3n) is 3.30. The first kappa shape index (κ1) is 14.0. The molecule has 2 rings (SSSR count). The van der Waals surface area contributed by atoms with Crippen LogP contribution in [0.1, 0.15) is 19.0 Å². The number of nitrogens with one attached hydrogen (secondary N) is 1. The number of nitrogens with zero attached hydrogens (tertiary/aromatic N) is 2. The van der Waals surface area contributed by atoms with Crippen molar-refractivity contribution < 1.29 is 14.7 Å². The Balaban J connectivity index is 1.86. The van der Waals surface area contributed by atoms with Crippen LogP contribution in [0.15, 0.2) is 5.38 Å². The molecule has 0 saturated carbocycles. The molecule has 2 heterocycles. The number of hydrogen-bond acceptors (Lipinski definition) is 5. The molecule has 1 fully saturated rings. The lowest BCUT2D eigenvalue weighted by Gasteiger charge is -2.19. The van der Waals surface area contributed by atoms with Gasteiger partial charge in [0.05, 0.1) is 17.7 Å². The Morgan fingerprint density at radius 1 is 1.63 bits per heavy atom. The van der Waals surface area contributed by atoms with Gasteiger partial charge in [-0.1, -0.05) is 0 Å². The molecule has 1 aliphatic heterocycles. The van der Waals surface area contributed by atoms with E-state index in [0.29, 0.717) is 24.6 Å². The van der Waals surface area contributed by atoms with E-state index in [1.165, 1.54) is 11.3 Å². The van der Waals surface area contributed by atoms with Crippen LogP contribution in [0.2, 0.25) is 0 Å². The molecule has 0 aliphatic carbocycles. The van der Waals surface area contributed by atoms with Crippen molar-refractivity contribution in [3.05, 3.63) is 11.1 Å². The van der Waals surface area contributed by atoms with Gasteiger partial charge in [0.1, 0.15) is 0 Å². The van der Waals surface area contributed by atoms with E-state index in [-0.39, 0.29) is 12.5 Å². The topological polar surface area (TPSA) is 82.5 Å². The number of likely N-dealkylation sites (tertiary alicyclic amines) is 1. The predicted octanol–water partition coefficient (Wildman–Crippen LogP) is 1.19. The number of carboxylic acids is 1. The minimum absolute atomic E-state index is 0.149. The van der Waals surface area contributed by atoms with Crippen molar-refractivity contribution in [2.75, 3.05) is 25.0 Å². The fourth-order valence-electron chi connectivity index (χ4n) is 2.14. The van der Waals surface area contributed by atoms with Crippen LogP contribution in [0.25, 0.3) is 0 Å². The number of carboxylic acid groups (broad SMARTS) is 1. The van der Waals surface area contributed by atoms with Crippen LogP contribution >= 0.6 is 11.3 Å². The Labute approximate surface area is 115 Å². The first-order valence-corrected chi connectivity index (χ1v) is 6.95. The minimum Gasteiger partial charge on any atom is -0.481 e. The Kier molecular flexibility index (Phi) is 3.86. The third-order valence-corrected chi connectivity index (χ3v) is 4.18. The number of hydrogen-bond donors (Lipinski definition) is 2. The minimum atomic E-state index is -0.800. The molecule has 6 nitrogen and oxygen atoms in total. The monoisotopic (exact) mass is 283 g/mol. The zero-order valence-corrected chi connectivity index (χ0v) is 11.8. The highest BCUT2D eigenvalue weighted by Gasteiger charge is 2.40. The quantitative estimate of drug-likeness (QED) is 0.867. The maximum atomic E-state index is 11.8. The summed E-state index contributed by atoms with van der Waals surface area (Å²) in [6.45, 7) is 4.84. The Morgan fingerprint density at radius 3 is 2.89 bits per heavy atom. The van der Waals surface area contributed by atoms with Crippen molar-refractivity contribution in [2.24, 2.45) is 5.41 Å². The van der Waals surface area contributed by atoms with Gasteiger partial charge >= 0.3 is 5.97 Å². The molecular weight excluding hydrogens is 266 g/mol. The molecule has 1 aromatic heterocycles. The summed E-state index contributed by atoms with van der Waals surface area (Å²) >= 11 is 1.38. The number of rotatable bonds is 4. The molecule has 0 bridgehead atoms. The molecule has 19 heavy (non-hydrogen) atoms. The standard InChI is InChI=1S/C12H17N3O3S/c1-8-6-19-11(13-8)14-9(16)5-15-4-3-12(2,7-15)10(17)18/h6H,3-5,7H2,1-2H3,(H,17,18)(H,13,14,16). The van der Waals surface area contributed by atoms with E-state index in [2.05, 4.69) is 10.3 Å². The van der Waals surface area contributed by atoms with E-state index in [1.807, 2.05) is 17.2 Å². The Bertz CT molecular complexity index is 502. The highest BCUT2D eigenvalue weighted by Crippen LogP contribution is 2.29. The molecule has 0 aromatic carbocycles. The molecule has 1 unspecified atom stereocenters. The summed E-state index contributed by atoms with van der Waals surface area (Å²) in [5.41, 5.74) is 0.137. The molecule has 104 valence electrons. The summed E-state index contributed by atoms with van der Waals surface area (Å²) in [6, 6.07) is 0. The molecule has 0 radical (unpaired) electrons. The van der Waals surface area contributed by atoms with Gasteiger partial charge in [0.15, 0.2) is 5.13 Å². The van der Waals surface area contributed by atoms with Crippen LogP contribution in [0.3, 0.4) is 0 Å². The van der Waals surface area contributed by atoms with E-state index in [9.17, 15) is 9.59 Å². The summed E-state index contributed by atoms with van der Waals surface area (Å²) in [7, 11) is 0. The first-order valence-electron chi connectivity index (χ1n) is 6.07. The maximum Gasteiger partial charge on any atom is 0.310 e. The Morgan fingerprint density at radius 2 is 2.37 bits per heavy atom. The van der Waals surface area contributed by atoms with Gasteiger partial charge in [0.2, 0.25) is 5.91 Å². The maximum absolute atomic E-state index is 11.8. The highest BCUT2D eigenvalue weighted by atomic mass is 32.1.